The van der Waals surface area contributed by atoms with Gasteiger partial charge in [-0.1, -0.05) is 59.0 Å². The quantitative estimate of drug-likeness (QED) is 0.442. The van der Waals surface area contributed by atoms with E-state index >= 15 is 0 Å². The van der Waals surface area contributed by atoms with E-state index in [-0.39, 0.29) is 11.8 Å². The fourth-order valence-electron chi connectivity index (χ4n) is 3.08. The summed E-state index contributed by atoms with van der Waals surface area (Å²) in [5.74, 6) is 0.913. The molecule has 1 aliphatic heterocycles. The van der Waals surface area contributed by atoms with Crippen molar-refractivity contribution in [3.8, 4) is 0 Å². The van der Waals surface area contributed by atoms with Crippen molar-refractivity contribution in [2.24, 2.45) is 5.92 Å². The van der Waals surface area contributed by atoms with Crippen LogP contribution in [-0.4, -0.2) is 39.8 Å². The van der Waals surface area contributed by atoms with Gasteiger partial charge in [-0.2, -0.15) is 0 Å². The molecule has 0 saturated carbocycles. The number of rotatable bonds is 7. The van der Waals surface area contributed by atoms with Gasteiger partial charge in [-0.15, -0.1) is 16.8 Å². The highest BCUT2D eigenvalue weighted by molar-refractivity contribution is 8.01. The molecule has 1 aromatic carbocycles. The van der Waals surface area contributed by atoms with Crippen molar-refractivity contribution >= 4 is 34.1 Å². The highest BCUT2D eigenvalue weighted by atomic mass is 32.2. The molecule has 0 spiro atoms. The Morgan fingerprint density at radius 2 is 2.23 bits per heavy atom. The topological polar surface area (TPSA) is 58.1 Å². The monoisotopic (exact) mass is 388 g/mol. The zero-order valence-corrected chi connectivity index (χ0v) is 16.6. The van der Waals surface area contributed by atoms with Crippen molar-refractivity contribution in [2.45, 2.75) is 30.6 Å². The second kappa shape index (κ2) is 9.30. The van der Waals surface area contributed by atoms with E-state index in [1.54, 1.807) is 11.8 Å². The van der Waals surface area contributed by atoms with Crippen LogP contribution in [0.15, 0.2) is 41.3 Å². The van der Waals surface area contributed by atoms with E-state index in [1.807, 2.05) is 6.08 Å². The summed E-state index contributed by atoms with van der Waals surface area (Å²) in [6.07, 6.45) is 3.60. The normalized spacial score (nSPS) is 15.7. The fourth-order valence-corrected chi connectivity index (χ4v) is 4.59. The average molecular weight is 389 g/mol. The number of aromatic nitrogens is 2. The zero-order valence-electron chi connectivity index (χ0n) is 15.0. The van der Waals surface area contributed by atoms with Gasteiger partial charge in [-0.25, -0.2) is 0 Å². The van der Waals surface area contributed by atoms with Gasteiger partial charge >= 0.3 is 0 Å². The number of benzene rings is 1. The molecule has 1 N–H and O–H groups in total. The van der Waals surface area contributed by atoms with Crippen molar-refractivity contribution in [1.82, 2.24) is 15.1 Å². The van der Waals surface area contributed by atoms with Crippen LogP contribution in [0.2, 0.25) is 0 Å². The number of amides is 1. The number of anilines is 1. The Labute approximate surface area is 162 Å². The van der Waals surface area contributed by atoms with E-state index in [4.69, 9.17) is 0 Å². The van der Waals surface area contributed by atoms with Gasteiger partial charge in [-0.05, 0) is 38.4 Å². The van der Waals surface area contributed by atoms with Crippen LogP contribution in [0, 0.1) is 12.8 Å². The van der Waals surface area contributed by atoms with Crippen molar-refractivity contribution < 1.29 is 4.79 Å². The van der Waals surface area contributed by atoms with Crippen molar-refractivity contribution in [2.75, 3.05) is 24.2 Å². The van der Waals surface area contributed by atoms with E-state index in [0.717, 1.165) is 42.6 Å². The third kappa shape index (κ3) is 5.40. The number of thioether (sulfide) groups is 1. The second-order valence-electron chi connectivity index (χ2n) is 6.50. The van der Waals surface area contributed by atoms with Crippen LogP contribution < -0.4 is 5.32 Å². The molecule has 3 rings (SSSR count). The molecule has 1 aromatic heterocycles. The molecule has 0 bridgehead atoms. The summed E-state index contributed by atoms with van der Waals surface area (Å²) >= 11 is 2.99. The molecule has 2 heterocycles. The summed E-state index contributed by atoms with van der Waals surface area (Å²) in [6, 6.07) is 8.63. The highest BCUT2D eigenvalue weighted by Crippen LogP contribution is 2.27. The molecule has 0 unspecified atom stereocenters. The Morgan fingerprint density at radius 1 is 1.42 bits per heavy atom. The number of piperidine rings is 1. The van der Waals surface area contributed by atoms with Gasteiger partial charge in [0.1, 0.15) is 0 Å². The van der Waals surface area contributed by atoms with Crippen LogP contribution in [0.1, 0.15) is 24.0 Å². The number of carbonyl (C=O) groups is 1. The van der Waals surface area contributed by atoms with Crippen molar-refractivity contribution in [3.05, 3.63) is 48.0 Å². The molecule has 138 valence electrons. The zero-order chi connectivity index (χ0) is 18.4. The van der Waals surface area contributed by atoms with Gasteiger partial charge in [-0.3, -0.25) is 9.69 Å². The largest absolute Gasteiger partial charge is 0.300 e. The first-order valence-corrected chi connectivity index (χ1v) is 10.6. The Morgan fingerprint density at radius 3 is 2.96 bits per heavy atom. The molecule has 1 saturated heterocycles. The minimum absolute atomic E-state index is 0.0527. The van der Waals surface area contributed by atoms with E-state index in [9.17, 15) is 4.79 Å². The summed E-state index contributed by atoms with van der Waals surface area (Å²) in [5, 5.41) is 11.6. The number of likely N-dealkylation sites (tertiary alicyclic amines) is 1. The first kappa shape index (κ1) is 19.1. The predicted octanol–water partition coefficient (Wildman–Crippen LogP) is 3.98. The van der Waals surface area contributed by atoms with Crippen LogP contribution in [0.3, 0.4) is 0 Å². The van der Waals surface area contributed by atoms with Crippen LogP contribution in [0.25, 0.3) is 0 Å². The summed E-state index contributed by atoms with van der Waals surface area (Å²) < 4.78 is 0.855. The molecule has 5 nitrogen and oxygen atoms in total. The molecule has 0 atom stereocenters. The van der Waals surface area contributed by atoms with Gasteiger partial charge in [0, 0.05) is 18.2 Å². The van der Waals surface area contributed by atoms with Gasteiger partial charge in [0.25, 0.3) is 0 Å². The lowest BCUT2D eigenvalue weighted by atomic mass is 9.95. The molecule has 1 aliphatic rings. The van der Waals surface area contributed by atoms with Crippen LogP contribution >= 0.6 is 23.1 Å². The summed E-state index contributed by atoms with van der Waals surface area (Å²) in [5.41, 5.74) is 2.63. The number of carbonyl (C=O) groups excluding carboxylic acids is 1. The first-order valence-electron chi connectivity index (χ1n) is 8.80. The maximum absolute atomic E-state index is 12.5. The lowest BCUT2D eigenvalue weighted by molar-refractivity contribution is -0.121. The maximum Gasteiger partial charge on any atom is 0.229 e. The Balaban J connectivity index is 1.46. The third-order valence-corrected chi connectivity index (χ3v) is 6.38. The van der Waals surface area contributed by atoms with E-state index in [2.05, 4.69) is 58.2 Å². The van der Waals surface area contributed by atoms with Crippen LogP contribution in [0.4, 0.5) is 5.13 Å². The minimum Gasteiger partial charge on any atom is -0.300 e. The number of nitrogens with one attached hydrogen (secondary N) is 1. The lowest BCUT2D eigenvalue weighted by Crippen LogP contribution is -2.37. The standard InChI is InChI=1S/C19H24N4OS2/c1-3-11-25-19-22-21-18(26-19)20-17(24)16-7-9-23(10-8-16)13-15-6-4-5-14(2)12-15/h3-6,12,16H,1,7-11,13H2,2H3,(H,20,21,24). The van der Waals surface area contributed by atoms with E-state index in [1.165, 1.54) is 22.5 Å². The Hall–Kier alpha value is -1.70. The molecule has 1 amide bonds. The van der Waals surface area contributed by atoms with Crippen LogP contribution in [0.5, 0.6) is 0 Å². The van der Waals surface area contributed by atoms with Gasteiger partial charge < -0.3 is 5.32 Å². The van der Waals surface area contributed by atoms with Gasteiger partial charge in [0.2, 0.25) is 11.0 Å². The molecular weight excluding hydrogens is 364 g/mol. The first-order chi connectivity index (χ1) is 12.6. The maximum atomic E-state index is 12.5. The number of nitrogens with zero attached hydrogens (tertiary/aromatic N) is 3. The molecule has 0 aliphatic carbocycles. The Bertz CT molecular complexity index is 754. The molecule has 1 fully saturated rings. The number of hydrogen-bond acceptors (Lipinski definition) is 6. The molecule has 26 heavy (non-hydrogen) atoms. The molecule has 7 heteroatoms. The van der Waals surface area contributed by atoms with Crippen molar-refractivity contribution in [1.29, 1.82) is 0 Å². The van der Waals surface area contributed by atoms with E-state index < -0.39 is 0 Å². The Kier molecular flexibility index (Phi) is 6.82. The molecule has 2 aromatic rings. The summed E-state index contributed by atoms with van der Waals surface area (Å²) in [6.45, 7) is 8.66. The van der Waals surface area contributed by atoms with Gasteiger partial charge in [0.15, 0.2) is 4.34 Å². The highest BCUT2D eigenvalue weighted by Gasteiger charge is 2.25. The smallest absolute Gasteiger partial charge is 0.229 e. The SMILES string of the molecule is C=CCSc1nnc(NC(=O)C2CCN(Cc3cccc(C)c3)CC2)s1. The van der Waals surface area contributed by atoms with E-state index in [0.29, 0.717) is 5.13 Å². The number of hydrogen-bond donors (Lipinski definition) is 1. The van der Waals surface area contributed by atoms with Gasteiger partial charge in [0.05, 0.1) is 0 Å². The predicted molar refractivity (Wildman–Crippen MR) is 109 cm³/mol. The minimum atomic E-state index is 0.0527. The average Bonchev–Trinajstić information content (AvgIpc) is 3.08. The third-order valence-electron chi connectivity index (χ3n) is 4.41. The summed E-state index contributed by atoms with van der Waals surface area (Å²) in [4.78, 5) is 14.9. The number of aryl methyl sites for hydroxylation is 1. The molecular formula is C19H24N4OS2. The lowest BCUT2D eigenvalue weighted by Gasteiger charge is -2.31. The second-order valence-corrected chi connectivity index (χ2v) is 8.75. The van der Waals surface area contributed by atoms with Crippen LogP contribution in [-0.2, 0) is 11.3 Å². The van der Waals surface area contributed by atoms with Crippen molar-refractivity contribution in [3.63, 3.8) is 0 Å². The molecule has 0 radical (unpaired) electrons. The fraction of sp³-hybridized carbons (Fsp3) is 0.421. The summed E-state index contributed by atoms with van der Waals surface area (Å²) in [7, 11) is 0.